The molecule has 0 aliphatic carbocycles. The van der Waals surface area contributed by atoms with E-state index >= 15 is 0 Å². The molecule has 0 atom stereocenters. The molecule has 0 saturated carbocycles. The number of hydrazone groups is 1. The molecule has 3 aromatic rings. The van der Waals surface area contributed by atoms with Crippen molar-refractivity contribution in [1.82, 2.24) is 5.43 Å². The van der Waals surface area contributed by atoms with Gasteiger partial charge in [0, 0.05) is 5.39 Å². The number of benzene rings is 2. The molecule has 27 heavy (non-hydrogen) atoms. The first-order chi connectivity index (χ1) is 12.7. The van der Waals surface area contributed by atoms with Crippen LogP contribution in [0, 0.1) is 0 Å². The predicted molar refractivity (Wildman–Crippen MR) is 104 cm³/mol. The van der Waals surface area contributed by atoms with Gasteiger partial charge in [-0.3, -0.25) is 5.43 Å². The molecule has 0 saturated heterocycles. The summed E-state index contributed by atoms with van der Waals surface area (Å²) in [7, 11) is 0. The SMILES string of the molecule is C/C(=N\NC(=S)Nc1cc(C(F)(F)F)ccc1Cl)c1cc2ccccc2o1. The number of para-hydroxylation sites is 1. The van der Waals surface area contributed by atoms with Crippen molar-refractivity contribution in [3.05, 3.63) is 64.9 Å². The van der Waals surface area contributed by atoms with Crippen molar-refractivity contribution in [3.63, 3.8) is 0 Å². The highest BCUT2D eigenvalue weighted by Gasteiger charge is 2.31. The lowest BCUT2D eigenvalue weighted by molar-refractivity contribution is -0.137. The molecule has 0 unspecified atom stereocenters. The minimum absolute atomic E-state index is 0.00770. The van der Waals surface area contributed by atoms with Crippen LogP contribution < -0.4 is 10.7 Å². The van der Waals surface area contributed by atoms with Gasteiger partial charge in [-0.1, -0.05) is 29.8 Å². The Kier molecular flexibility index (Phi) is 5.38. The van der Waals surface area contributed by atoms with E-state index in [-0.39, 0.29) is 15.8 Å². The summed E-state index contributed by atoms with van der Waals surface area (Å²) in [5.41, 5.74) is 3.00. The lowest BCUT2D eigenvalue weighted by atomic mass is 10.2. The lowest BCUT2D eigenvalue weighted by Crippen LogP contribution is -2.25. The second-order valence-electron chi connectivity index (χ2n) is 5.60. The third-order valence-electron chi connectivity index (χ3n) is 3.65. The number of nitrogens with one attached hydrogen (secondary N) is 2. The van der Waals surface area contributed by atoms with E-state index in [1.807, 2.05) is 30.3 Å². The van der Waals surface area contributed by atoms with Gasteiger partial charge in [0.05, 0.1) is 16.3 Å². The highest BCUT2D eigenvalue weighted by molar-refractivity contribution is 7.80. The Hall–Kier alpha value is -2.58. The van der Waals surface area contributed by atoms with Crippen LogP contribution in [0.2, 0.25) is 5.02 Å². The van der Waals surface area contributed by atoms with Gasteiger partial charge in [0.1, 0.15) is 11.3 Å². The Morgan fingerprint density at radius 3 is 2.59 bits per heavy atom. The third kappa shape index (κ3) is 4.58. The van der Waals surface area contributed by atoms with Crippen LogP contribution >= 0.6 is 23.8 Å². The molecule has 0 bridgehead atoms. The number of rotatable bonds is 3. The summed E-state index contributed by atoms with van der Waals surface area (Å²) in [5, 5.41) is 7.72. The molecule has 0 amide bonds. The Morgan fingerprint density at radius 2 is 1.89 bits per heavy atom. The van der Waals surface area contributed by atoms with Crippen LogP contribution in [0.25, 0.3) is 11.0 Å². The van der Waals surface area contributed by atoms with Crippen LogP contribution in [-0.2, 0) is 6.18 Å². The maximum absolute atomic E-state index is 12.8. The molecule has 0 spiro atoms. The van der Waals surface area contributed by atoms with Crippen molar-refractivity contribution < 1.29 is 17.6 Å². The molecule has 0 aliphatic heterocycles. The van der Waals surface area contributed by atoms with Gasteiger partial charge in [0.15, 0.2) is 10.9 Å². The highest BCUT2D eigenvalue weighted by atomic mass is 35.5. The van der Waals surface area contributed by atoms with Gasteiger partial charge in [-0.15, -0.1) is 0 Å². The van der Waals surface area contributed by atoms with Crippen molar-refractivity contribution in [1.29, 1.82) is 0 Å². The van der Waals surface area contributed by atoms with Gasteiger partial charge in [0.25, 0.3) is 0 Å². The predicted octanol–water partition coefficient (Wildman–Crippen LogP) is 5.82. The second kappa shape index (κ2) is 7.58. The normalized spacial score (nSPS) is 12.3. The molecule has 1 heterocycles. The Morgan fingerprint density at radius 1 is 1.15 bits per heavy atom. The number of nitrogens with zero attached hydrogens (tertiary/aromatic N) is 1. The minimum Gasteiger partial charge on any atom is -0.455 e. The zero-order valence-electron chi connectivity index (χ0n) is 13.9. The first-order valence-electron chi connectivity index (χ1n) is 7.71. The molecule has 3 rings (SSSR count). The highest BCUT2D eigenvalue weighted by Crippen LogP contribution is 2.33. The lowest BCUT2D eigenvalue weighted by Gasteiger charge is -2.12. The summed E-state index contributed by atoms with van der Waals surface area (Å²) < 4.78 is 44.1. The maximum Gasteiger partial charge on any atom is 0.416 e. The van der Waals surface area contributed by atoms with Gasteiger partial charge in [-0.2, -0.15) is 18.3 Å². The zero-order chi connectivity index (χ0) is 19.6. The smallest absolute Gasteiger partial charge is 0.416 e. The zero-order valence-corrected chi connectivity index (χ0v) is 15.5. The Bertz CT molecular complexity index is 997. The molecule has 0 aliphatic rings. The molecule has 0 fully saturated rings. The number of hydrogen-bond donors (Lipinski definition) is 2. The van der Waals surface area contributed by atoms with E-state index in [0.717, 1.165) is 29.2 Å². The average molecular weight is 412 g/mol. The molecule has 2 N–H and O–H groups in total. The fraction of sp³-hybridized carbons (Fsp3) is 0.111. The molecule has 2 aromatic carbocycles. The summed E-state index contributed by atoms with van der Waals surface area (Å²) >= 11 is 11.0. The van der Waals surface area contributed by atoms with E-state index < -0.39 is 11.7 Å². The monoisotopic (exact) mass is 411 g/mol. The van der Waals surface area contributed by atoms with E-state index in [2.05, 4.69) is 15.8 Å². The van der Waals surface area contributed by atoms with Crippen molar-refractivity contribution in [2.24, 2.45) is 5.10 Å². The van der Waals surface area contributed by atoms with E-state index in [1.54, 1.807) is 6.92 Å². The van der Waals surface area contributed by atoms with E-state index in [0.29, 0.717) is 11.5 Å². The van der Waals surface area contributed by atoms with Gasteiger partial charge >= 0.3 is 6.18 Å². The number of thiocarbonyl (C=S) groups is 1. The topological polar surface area (TPSA) is 49.6 Å². The number of fused-ring (bicyclic) bond motifs is 1. The number of hydrogen-bond acceptors (Lipinski definition) is 3. The quantitative estimate of drug-likeness (QED) is 0.324. The van der Waals surface area contributed by atoms with Crippen molar-refractivity contribution in [2.75, 3.05) is 5.32 Å². The van der Waals surface area contributed by atoms with Gasteiger partial charge in [0.2, 0.25) is 0 Å². The number of furan rings is 1. The van der Waals surface area contributed by atoms with Crippen LogP contribution in [0.15, 0.2) is 58.0 Å². The van der Waals surface area contributed by atoms with Crippen LogP contribution in [0.1, 0.15) is 18.2 Å². The van der Waals surface area contributed by atoms with Crippen molar-refractivity contribution in [3.8, 4) is 0 Å². The standard InChI is InChI=1S/C18H13ClF3N3OS/c1-10(16-8-11-4-2-3-5-15(11)26-16)24-25-17(27)23-14-9-12(18(20,21)22)6-7-13(14)19/h2-9H,1H3,(H2,23,25,27)/b24-10+. The van der Waals surface area contributed by atoms with Crippen molar-refractivity contribution in [2.45, 2.75) is 13.1 Å². The van der Waals surface area contributed by atoms with Crippen LogP contribution in [0.5, 0.6) is 0 Å². The Balaban J connectivity index is 1.71. The molecule has 9 heteroatoms. The first-order valence-corrected chi connectivity index (χ1v) is 8.49. The second-order valence-corrected chi connectivity index (χ2v) is 6.42. The summed E-state index contributed by atoms with van der Waals surface area (Å²) in [6.45, 7) is 1.71. The molecule has 1 aromatic heterocycles. The number of halogens is 4. The Labute approximate surface area is 163 Å². The van der Waals surface area contributed by atoms with Crippen LogP contribution in [0.4, 0.5) is 18.9 Å². The number of alkyl halides is 3. The van der Waals surface area contributed by atoms with Gasteiger partial charge < -0.3 is 9.73 Å². The molecular formula is C18H13ClF3N3OS. The summed E-state index contributed by atoms with van der Waals surface area (Å²) in [4.78, 5) is 0. The fourth-order valence-corrected chi connectivity index (χ4v) is 2.62. The van der Waals surface area contributed by atoms with E-state index in [1.165, 1.54) is 0 Å². The summed E-state index contributed by atoms with van der Waals surface area (Å²) in [6.07, 6.45) is -4.48. The van der Waals surface area contributed by atoms with Crippen LogP contribution in [-0.4, -0.2) is 10.8 Å². The molecule has 0 radical (unpaired) electrons. The summed E-state index contributed by atoms with van der Waals surface area (Å²) in [6, 6.07) is 12.3. The van der Waals surface area contributed by atoms with E-state index in [9.17, 15) is 13.2 Å². The van der Waals surface area contributed by atoms with Crippen LogP contribution in [0.3, 0.4) is 0 Å². The van der Waals surface area contributed by atoms with Gasteiger partial charge in [-0.05, 0) is 49.5 Å². The molecule has 140 valence electrons. The van der Waals surface area contributed by atoms with E-state index in [4.69, 9.17) is 28.2 Å². The maximum atomic E-state index is 12.8. The number of anilines is 1. The first kappa shape index (κ1) is 19.2. The van der Waals surface area contributed by atoms with Gasteiger partial charge in [-0.25, -0.2) is 0 Å². The largest absolute Gasteiger partial charge is 0.455 e. The van der Waals surface area contributed by atoms with Crippen molar-refractivity contribution >= 4 is 51.3 Å². The summed E-state index contributed by atoms with van der Waals surface area (Å²) in [5.74, 6) is 0.545. The molecular weight excluding hydrogens is 399 g/mol. The minimum atomic E-state index is -4.48. The fourth-order valence-electron chi connectivity index (χ4n) is 2.30. The molecule has 4 nitrogen and oxygen atoms in total. The average Bonchev–Trinajstić information content (AvgIpc) is 3.05. The third-order valence-corrected chi connectivity index (χ3v) is 4.17.